The van der Waals surface area contributed by atoms with Crippen LogP contribution < -0.4 is 0 Å². The van der Waals surface area contributed by atoms with Gasteiger partial charge in [-0.1, -0.05) is 0 Å². The molecule has 5 nitrogen and oxygen atoms in total. The van der Waals surface area contributed by atoms with Crippen LogP contribution in [-0.4, -0.2) is 45.0 Å². The standard InChI is InChI=1S/C12H22N4O/c1-15(7-3-4-8-17)9-11-13-14-12(16(11)2)10-5-6-10/h10,17H,3-9H2,1-2H3. The predicted molar refractivity (Wildman–Crippen MR) is 65.6 cm³/mol. The second-order valence-electron chi connectivity index (χ2n) is 4.98. The van der Waals surface area contributed by atoms with Gasteiger partial charge < -0.3 is 9.67 Å². The van der Waals surface area contributed by atoms with Crippen molar-refractivity contribution in [3.05, 3.63) is 11.6 Å². The first-order valence-electron chi connectivity index (χ1n) is 6.40. The quantitative estimate of drug-likeness (QED) is 0.717. The topological polar surface area (TPSA) is 54.2 Å². The van der Waals surface area contributed by atoms with Crippen molar-refractivity contribution in [2.24, 2.45) is 7.05 Å². The van der Waals surface area contributed by atoms with Gasteiger partial charge in [0.2, 0.25) is 0 Å². The summed E-state index contributed by atoms with van der Waals surface area (Å²) in [7, 11) is 4.15. The van der Waals surface area contributed by atoms with Crippen LogP contribution in [0.15, 0.2) is 0 Å². The lowest BCUT2D eigenvalue weighted by molar-refractivity contribution is 0.258. The van der Waals surface area contributed by atoms with Gasteiger partial charge in [0.25, 0.3) is 0 Å². The van der Waals surface area contributed by atoms with Crippen molar-refractivity contribution in [2.75, 3.05) is 20.2 Å². The van der Waals surface area contributed by atoms with E-state index in [4.69, 9.17) is 5.11 Å². The third-order valence-electron chi connectivity index (χ3n) is 3.30. The molecular formula is C12H22N4O. The predicted octanol–water partition coefficient (Wildman–Crippen LogP) is 0.897. The molecule has 1 aliphatic rings. The van der Waals surface area contributed by atoms with Crippen LogP contribution in [0.5, 0.6) is 0 Å². The highest BCUT2D eigenvalue weighted by molar-refractivity contribution is 5.07. The maximum atomic E-state index is 8.74. The van der Waals surface area contributed by atoms with E-state index < -0.39 is 0 Å². The van der Waals surface area contributed by atoms with Crippen LogP contribution in [0, 0.1) is 0 Å². The Bertz CT molecular complexity index is 359. The molecule has 0 aromatic carbocycles. The summed E-state index contributed by atoms with van der Waals surface area (Å²) in [5, 5.41) is 17.3. The largest absolute Gasteiger partial charge is 0.396 e. The highest BCUT2D eigenvalue weighted by Crippen LogP contribution is 2.38. The zero-order valence-electron chi connectivity index (χ0n) is 10.8. The number of aliphatic hydroxyl groups is 1. The van der Waals surface area contributed by atoms with Gasteiger partial charge in [0.15, 0.2) is 0 Å². The molecule has 0 unspecified atom stereocenters. The van der Waals surface area contributed by atoms with Crippen LogP contribution in [0.1, 0.15) is 43.3 Å². The highest BCUT2D eigenvalue weighted by Gasteiger charge is 2.29. The summed E-state index contributed by atoms with van der Waals surface area (Å²) >= 11 is 0. The maximum Gasteiger partial charge on any atom is 0.146 e. The first kappa shape index (κ1) is 12.5. The van der Waals surface area contributed by atoms with E-state index in [1.54, 1.807) is 0 Å². The van der Waals surface area contributed by atoms with Gasteiger partial charge in [-0.25, -0.2) is 0 Å². The summed E-state index contributed by atoms with van der Waals surface area (Å²) in [4.78, 5) is 2.23. The summed E-state index contributed by atoms with van der Waals surface area (Å²) in [6.45, 7) is 2.11. The smallest absolute Gasteiger partial charge is 0.146 e. The minimum atomic E-state index is 0.281. The molecule has 96 valence electrons. The van der Waals surface area contributed by atoms with E-state index in [2.05, 4.69) is 33.8 Å². The lowest BCUT2D eigenvalue weighted by Gasteiger charge is -2.15. The van der Waals surface area contributed by atoms with Crippen molar-refractivity contribution in [1.29, 1.82) is 0 Å². The molecule has 0 aliphatic heterocycles. The zero-order valence-corrected chi connectivity index (χ0v) is 10.8. The maximum absolute atomic E-state index is 8.74. The van der Waals surface area contributed by atoms with Crippen molar-refractivity contribution in [3.8, 4) is 0 Å². The molecule has 0 spiro atoms. The lowest BCUT2D eigenvalue weighted by atomic mass is 10.3. The SMILES string of the molecule is CN(CCCCO)Cc1nnc(C2CC2)n1C. The average molecular weight is 238 g/mol. The molecule has 0 bridgehead atoms. The molecule has 0 amide bonds. The number of nitrogens with zero attached hydrogens (tertiary/aromatic N) is 4. The molecule has 5 heteroatoms. The van der Waals surface area contributed by atoms with Crippen molar-refractivity contribution in [3.63, 3.8) is 0 Å². The normalized spacial score (nSPS) is 15.8. The Morgan fingerprint density at radius 1 is 1.35 bits per heavy atom. The van der Waals surface area contributed by atoms with Gasteiger partial charge in [-0.3, -0.25) is 4.90 Å². The van der Waals surface area contributed by atoms with Gasteiger partial charge in [-0.15, -0.1) is 10.2 Å². The Morgan fingerprint density at radius 2 is 2.12 bits per heavy atom. The van der Waals surface area contributed by atoms with Gasteiger partial charge in [-0.2, -0.15) is 0 Å². The van der Waals surface area contributed by atoms with Crippen molar-refractivity contribution in [1.82, 2.24) is 19.7 Å². The minimum absolute atomic E-state index is 0.281. The van der Waals surface area contributed by atoms with Gasteiger partial charge in [0.05, 0.1) is 6.54 Å². The van der Waals surface area contributed by atoms with Crippen LogP contribution in [-0.2, 0) is 13.6 Å². The van der Waals surface area contributed by atoms with Crippen molar-refractivity contribution >= 4 is 0 Å². The lowest BCUT2D eigenvalue weighted by Crippen LogP contribution is -2.21. The van der Waals surface area contributed by atoms with E-state index >= 15 is 0 Å². The fourth-order valence-electron chi connectivity index (χ4n) is 2.02. The van der Waals surface area contributed by atoms with E-state index in [-0.39, 0.29) is 6.61 Å². The summed E-state index contributed by atoms with van der Waals surface area (Å²) in [6, 6.07) is 0. The Hall–Kier alpha value is -0.940. The summed E-state index contributed by atoms with van der Waals surface area (Å²) in [5.41, 5.74) is 0. The van der Waals surface area contributed by atoms with Crippen LogP contribution in [0.3, 0.4) is 0 Å². The number of unbranched alkanes of at least 4 members (excludes halogenated alkanes) is 1. The molecule has 0 atom stereocenters. The van der Waals surface area contributed by atoms with Crippen LogP contribution in [0.2, 0.25) is 0 Å². The number of hydrogen-bond acceptors (Lipinski definition) is 4. The zero-order chi connectivity index (χ0) is 12.3. The van der Waals surface area contributed by atoms with Gasteiger partial charge in [0, 0.05) is 19.6 Å². The molecular weight excluding hydrogens is 216 g/mol. The molecule has 0 saturated heterocycles. The Morgan fingerprint density at radius 3 is 2.76 bits per heavy atom. The molecule has 0 radical (unpaired) electrons. The van der Waals surface area contributed by atoms with E-state index in [0.717, 1.165) is 37.6 Å². The first-order valence-corrected chi connectivity index (χ1v) is 6.40. The molecule has 1 aromatic rings. The summed E-state index contributed by atoms with van der Waals surface area (Å²) in [6.07, 6.45) is 4.42. The van der Waals surface area contributed by atoms with Crippen molar-refractivity contribution in [2.45, 2.75) is 38.1 Å². The van der Waals surface area contributed by atoms with Gasteiger partial charge in [-0.05, 0) is 39.3 Å². The highest BCUT2D eigenvalue weighted by atomic mass is 16.2. The van der Waals surface area contributed by atoms with Gasteiger partial charge >= 0.3 is 0 Å². The molecule has 1 fully saturated rings. The van der Waals surface area contributed by atoms with Crippen LogP contribution >= 0.6 is 0 Å². The number of hydrogen-bond donors (Lipinski definition) is 1. The average Bonchev–Trinajstić information content (AvgIpc) is 3.07. The first-order chi connectivity index (χ1) is 8.22. The Balaban J connectivity index is 1.85. The molecule has 1 aliphatic carbocycles. The number of aliphatic hydroxyl groups excluding tert-OH is 1. The van der Waals surface area contributed by atoms with Gasteiger partial charge in [0.1, 0.15) is 11.6 Å². The summed E-state index contributed by atoms with van der Waals surface area (Å²) in [5.74, 6) is 2.84. The second kappa shape index (κ2) is 5.60. The molecule has 1 N–H and O–H groups in total. The second-order valence-corrected chi connectivity index (χ2v) is 4.98. The monoisotopic (exact) mass is 238 g/mol. The molecule has 2 rings (SSSR count). The third-order valence-corrected chi connectivity index (χ3v) is 3.30. The molecule has 1 heterocycles. The van der Waals surface area contributed by atoms with Crippen LogP contribution in [0.25, 0.3) is 0 Å². The fraction of sp³-hybridized carbons (Fsp3) is 0.833. The summed E-state index contributed by atoms with van der Waals surface area (Å²) < 4.78 is 2.14. The third kappa shape index (κ3) is 3.26. The van der Waals surface area contributed by atoms with Crippen molar-refractivity contribution < 1.29 is 5.11 Å². The van der Waals surface area contributed by atoms with E-state index in [0.29, 0.717) is 5.92 Å². The van der Waals surface area contributed by atoms with E-state index in [9.17, 15) is 0 Å². The number of aromatic nitrogens is 3. The van der Waals surface area contributed by atoms with E-state index in [1.165, 1.54) is 12.8 Å². The van der Waals surface area contributed by atoms with E-state index in [1.807, 2.05) is 0 Å². The minimum Gasteiger partial charge on any atom is -0.396 e. The number of rotatable bonds is 7. The Labute approximate surface area is 102 Å². The molecule has 17 heavy (non-hydrogen) atoms. The fourth-order valence-corrected chi connectivity index (χ4v) is 2.02. The Kier molecular flexibility index (Phi) is 4.12. The van der Waals surface area contributed by atoms with Crippen LogP contribution in [0.4, 0.5) is 0 Å². The molecule has 1 saturated carbocycles. The molecule has 1 aromatic heterocycles.